The number of hydrogen-bond donors (Lipinski definition) is 0. The van der Waals surface area contributed by atoms with Gasteiger partial charge in [-0.3, -0.25) is 14.4 Å². The zero-order valence-corrected chi connectivity index (χ0v) is 56.3. The second-order valence-electron chi connectivity index (χ2n) is 26.3. The van der Waals surface area contributed by atoms with Crippen molar-refractivity contribution in [2.24, 2.45) is 0 Å². The number of carbonyl (C=O) groups excluding carboxylic acids is 3. The molecule has 0 saturated carbocycles. The van der Waals surface area contributed by atoms with Crippen molar-refractivity contribution in [2.45, 2.75) is 457 Å². The minimum atomic E-state index is -0.761. The number of unbranched alkanes of at least 4 members (excludes halogenated alkanes) is 61. The summed E-state index contributed by atoms with van der Waals surface area (Å²) in [6.45, 7) is 6.66. The number of ether oxygens (including phenoxy) is 3. The maximum atomic E-state index is 12.9. The predicted molar refractivity (Wildman–Crippen MR) is 358 cm³/mol. The molecule has 0 aromatic heterocycles. The topological polar surface area (TPSA) is 78.9 Å². The van der Waals surface area contributed by atoms with Crippen LogP contribution in [0.25, 0.3) is 0 Å². The lowest BCUT2D eigenvalue weighted by atomic mass is 10.0. The molecule has 0 radical (unpaired) electrons. The highest BCUT2D eigenvalue weighted by atomic mass is 16.6. The van der Waals surface area contributed by atoms with Crippen molar-refractivity contribution in [1.29, 1.82) is 0 Å². The van der Waals surface area contributed by atoms with Crippen molar-refractivity contribution in [3.05, 3.63) is 0 Å². The third-order valence-corrected chi connectivity index (χ3v) is 17.9. The van der Waals surface area contributed by atoms with Crippen LogP contribution in [-0.2, 0) is 28.6 Å². The van der Waals surface area contributed by atoms with Gasteiger partial charge in [0.15, 0.2) is 6.10 Å². The molecule has 1 unspecified atom stereocenters. The lowest BCUT2D eigenvalue weighted by Gasteiger charge is -2.18. The van der Waals surface area contributed by atoms with Gasteiger partial charge < -0.3 is 14.2 Å². The predicted octanol–water partition coefficient (Wildman–Crippen LogP) is 26.2. The molecule has 82 heavy (non-hydrogen) atoms. The standard InChI is InChI=1S/C76H148O6/c1-4-7-10-13-15-17-19-21-23-25-27-29-31-33-34-35-36-37-38-39-40-41-42-43-45-46-48-50-52-54-56-58-60-63-66-69-75(78)81-72-73(71-80-74(77)68-65-62-12-9-6-3)82-76(79)70-67-64-61-59-57-55-53-51-49-47-44-32-30-28-26-24-22-20-18-16-14-11-8-5-2/h73H,4-72H2,1-3H3. The second-order valence-corrected chi connectivity index (χ2v) is 26.3. The first-order chi connectivity index (χ1) is 40.5. The Kier molecular flexibility index (Phi) is 70.5. The molecule has 1 atom stereocenters. The summed E-state index contributed by atoms with van der Waals surface area (Å²) in [5, 5.41) is 0. The summed E-state index contributed by atoms with van der Waals surface area (Å²) in [6.07, 6.45) is 86.6. The van der Waals surface area contributed by atoms with Crippen LogP contribution in [0.5, 0.6) is 0 Å². The summed E-state index contributed by atoms with van der Waals surface area (Å²) in [5.41, 5.74) is 0. The Hall–Kier alpha value is -1.59. The quantitative estimate of drug-likeness (QED) is 0.0343. The molecule has 0 aliphatic heterocycles. The van der Waals surface area contributed by atoms with Crippen molar-refractivity contribution in [3.63, 3.8) is 0 Å². The fourth-order valence-corrected chi connectivity index (χ4v) is 12.2. The maximum Gasteiger partial charge on any atom is 0.306 e. The van der Waals surface area contributed by atoms with E-state index < -0.39 is 6.10 Å². The molecule has 0 heterocycles. The van der Waals surface area contributed by atoms with Gasteiger partial charge >= 0.3 is 17.9 Å². The average molecular weight is 1160 g/mol. The molecule has 6 heteroatoms. The third kappa shape index (κ3) is 69.2. The monoisotopic (exact) mass is 1160 g/mol. The Bertz CT molecular complexity index is 1240. The molecule has 0 spiro atoms. The van der Waals surface area contributed by atoms with Gasteiger partial charge in [-0.05, 0) is 19.3 Å². The summed E-state index contributed by atoms with van der Waals surface area (Å²) in [5.74, 6) is -0.841. The van der Waals surface area contributed by atoms with E-state index in [-0.39, 0.29) is 31.1 Å². The van der Waals surface area contributed by atoms with Crippen LogP contribution < -0.4 is 0 Å². The summed E-state index contributed by atoms with van der Waals surface area (Å²) < 4.78 is 16.8. The normalized spacial score (nSPS) is 11.9. The van der Waals surface area contributed by atoms with Crippen molar-refractivity contribution in [1.82, 2.24) is 0 Å². The first kappa shape index (κ1) is 80.4. The fourth-order valence-electron chi connectivity index (χ4n) is 12.2. The lowest BCUT2D eigenvalue weighted by Crippen LogP contribution is -2.30. The van der Waals surface area contributed by atoms with Crippen LogP contribution in [-0.4, -0.2) is 37.2 Å². The van der Waals surface area contributed by atoms with E-state index in [4.69, 9.17) is 14.2 Å². The summed E-state index contributed by atoms with van der Waals surface area (Å²) in [6, 6.07) is 0. The average Bonchev–Trinajstić information content (AvgIpc) is 3.48. The van der Waals surface area contributed by atoms with Crippen molar-refractivity contribution >= 4 is 17.9 Å². The molecule has 488 valence electrons. The van der Waals surface area contributed by atoms with E-state index in [1.807, 2.05) is 0 Å². The largest absolute Gasteiger partial charge is 0.462 e. The van der Waals surface area contributed by atoms with Crippen LogP contribution in [0.1, 0.15) is 451 Å². The number of rotatable bonds is 72. The summed E-state index contributed by atoms with van der Waals surface area (Å²) >= 11 is 0. The Morgan fingerprint density at radius 2 is 0.329 bits per heavy atom. The SMILES string of the molecule is CCCCCCCCCCCCCCCCCCCCCCCCCCCCCCCCCCCCCC(=O)OCC(COC(=O)CCCCCCC)OC(=O)CCCCCCCCCCCCCCCCCCCCCCCCCC. The van der Waals surface area contributed by atoms with Crippen molar-refractivity contribution in [2.75, 3.05) is 13.2 Å². The molecule has 0 aliphatic rings. The lowest BCUT2D eigenvalue weighted by molar-refractivity contribution is -0.167. The van der Waals surface area contributed by atoms with Crippen LogP contribution in [0.2, 0.25) is 0 Å². The van der Waals surface area contributed by atoms with Gasteiger partial charge in [-0.2, -0.15) is 0 Å². The zero-order chi connectivity index (χ0) is 59.2. The highest BCUT2D eigenvalue weighted by Gasteiger charge is 2.20. The number of carbonyl (C=O) groups is 3. The first-order valence-corrected chi connectivity index (χ1v) is 38.0. The first-order valence-electron chi connectivity index (χ1n) is 38.0. The molecular formula is C76H148O6. The Morgan fingerprint density at radius 1 is 0.195 bits per heavy atom. The van der Waals surface area contributed by atoms with Gasteiger partial charge in [-0.25, -0.2) is 0 Å². The van der Waals surface area contributed by atoms with E-state index in [0.717, 1.165) is 64.2 Å². The second kappa shape index (κ2) is 71.9. The van der Waals surface area contributed by atoms with Gasteiger partial charge in [0.05, 0.1) is 0 Å². The molecule has 6 nitrogen and oxygen atoms in total. The van der Waals surface area contributed by atoms with Crippen LogP contribution in [0.15, 0.2) is 0 Å². The van der Waals surface area contributed by atoms with Crippen molar-refractivity contribution in [3.8, 4) is 0 Å². The van der Waals surface area contributed by atoms with Gasteiger partial charge in [-0.15, -0.1) is 0 Å². The van der Waals surface area contributed by atoms with Crippen LogP contribution in [0.3, 0.4) is 0 Å². The minimum Gasteiger partial charge on any atom is -0.462 e. The van der Waals surface area contributed by atoms with Crippen LogP contribution in [0, 0.1) is 0 Å². The Balaban J connectivity index is 3.82. The van der Waals surface area contributed by atoms with E-state index in [2.05, 4.69) is 20.8 Å². The molecule has 0 rings (SSSR count). The molecule has 0 N–H and O–H groups in total. The van der Waals surface area contributed by atoms with Gasteiger partial charge in [0.1, 0.15) is 13.2 Å². The van der Waals surface area contributed by atoms with E-state index in [1.54, 1.807) is 0 Å². The Labute approximate surface area is 514 Å². The molecule has 0 aromatic rings. The van der Waals surface area contributed by atoms with E-state index in [1.165, 1.54) is 347 Å². The molecule has 0 aromatic carbocycles. The van der Waals surface area contributed by atoms with Gasteiger partial charge in [0.2, 0.25) is 0 Å². The number of hydrogen-bond acceptors (Lipinski definition) is 6. The molecule has 0 fully saturated rings. The molecule has 0 saturated heterocycles. The van der Waals surface area contributed by atoms with Crippen LogP contribution in [0.4, 0.5) is 0 Å². The van der Waals surface area contributed by atoms with E-state index in [9.17, 15) is 14.4 Å². The third-order valence-electron chi connectivity index (χ3n) is 17.9. The minimum absolute atomic E-state index is 0.0620. The smallest absolute Gasteiger partial charge is 0.306 e. The fraction of sp³-hybridized carbons (Fsp3) is 0.961. The van der Waals surface area contributed by atoms with Gasteiger partial charge in [-0.1, -0.05) is 412 Å². The molecule has 0 bridgehead atoms. The highest BCUT2D eigenvalue weighted by Crippen LogP contribution is 2.20. The van der Waals surface area contributed by atoms with Gasteiger partial charge in [0, 0.05) is 19.3 Å². The van der Waals surface area contributed by atoms with Crippen LogP contribution >= 0.6 is 0 Å². The summed E-state index contributed by atoms with van der Waals surface area (Å²) in [7, 11) is 0. The highest BCUT2D eigenvalue weighted by molar-refractivity contribution is 5.71. The zero-order valence-electron chi connectivity index (χ0n) is 56.3. The summed E-state index contributed by atoms with van der Waals surface area (Å²) in [4.78, 5) is 38.0. The molecular weight excluding hydrogens is 1010 g/mol. The molecule has 0 aliphatic carbocycles. The Morgan fingerprint density at radius 3 is 0.488 bits per heavy atom. The van der Waals surface area contributed by atoms with Gasteiger partial charge in [0.25, 0.3) is 0 Å². The van der Waals surface area contributed by atoms with E-state index in [0.29, 0.717) is 19.3 Å². The maximum absolute atomic E-state index is 12.9. The van der Waals surface area contributed by atoms with Crippen molar-refractivity contribution < 1.29 is 28.6 Å². The molecule has 0 amide bonds. The number of esters is 3. The van der Waals surface area contributed by atoms with E-state index >= 15 is 0 Å².